The third kappa shape index (κ3) is 5.90. The van der Waals surface area contributed by atoms with Crippen molar-refractivity contribution in [1.82, 2.24) is 9.83 Å². The number of hydrogen-bond acceptors (Lipinski definition) is 6. The number of hydrogen-bond donors (Lipinski definition) is 0. The summed E-state index contributed by atoms with van der Waals surface area (Å²) in [7, 11) is 0. The van der Waals surface area contributed by atoms with E-state index in [0.717, 1.165) is 6.07 Å². The van der Waals surface area contributed by atoms with Crippen LogP contribution in [0.4, 0.5) is 18.9 Å². The van der Waals surface area contributed by atoms with E-state index in [2.05, 4.69) is 15.3 Å². The normalized spacial score (nSPS) is 11.9. The highest BCUT2D eigenvalue weighted by molar-refractivity contribution is 7.07. The molecular formula is C31H18ClF3N4O2S. The third-order valence-electron chi connectivity index (χ3n) is 6.00. The summed E-state index contributed by atoms with van der Waals surface area (Å²) in [4.78, 5) is 4.84. The van der Waals surface area contributed by atoms with Crippen molar-refractivity contribution < 1.29 is 22.4 Å². The highest BCUT2D eigenvalue weighted by atomic mass is 35.5. The van der Waals surface area contributed by atoms with Crippen LogP contribution >= 0.6 is 22.9 Å². The lowest BCUT2D eigenvalue weighted by Gasteiger charge is -2.10. The summed E-state index contributed by atoms with van der Waals surface area (Å²) in [6, 6.07) is 24.6. The molecular weight excluding hydrogens is 585 g/mol. The molecule has 0 aliphatic rings. The average Bonchev–Trinajstić information content (AvgIpc) is 3.63. The van der Waals surface area contributed by atoms with Gasteiger partial charge in [-0.25, -0.2) is 22.8 Å². The zero-order valence-corrected chi connectivity index (χ0v) is 23.0. The van der Waals surface area contributed by atoms with Crippen LogP contribution < -0.4 is 9.54 Å². The fraction of sp³-hybridized carbons (Fsp3) is 0. The Bertz CT molecular complexity index is 1980. The maximum absolute atomic E-state index is 14.5. The molecule has 2 aromatic heterocycles. The number of ether oxygens (including phenoxy) is 1. The van der Waals surface area contributed by atoms with E-state index in [1.54, 1.807) is 72.3 Å². The van der Waals surface area contributed by atoms with Crippen LogP contribution in [0, 0.1) is 17.5 Å². The molecule has 11 heteroatoms. The summed E-state index contributed by atoms with van der Waals surface area (Å²) in [6.07, 6.45) is 1.54. The van der Waals surface area contributed by atoms with Crippen molar-refractivity contribution in [3.8, 4) is 34.2 Å². The Labute approximate surface area is 246 Å². The van der Waals surface area contributed by atoms with Crippen LogP contribution in [0.25, 0.3) is 22.7 Å². The standard InChI is InChI=1S/C31H18ClF3N4O2S/c32-23-15-22(34)13-14-29(23)40-28-8-4-1-5-20(28)17-36-39-27(18-42-31(39)37-25-7-3-2-6-24(25)35)30-16-26(38-41-30)19-9-11-21(33)12-10-19/h1-18H/b36-17+,37-31?. The molecule has 42 heavy (non-hydrogen) atoms. The summed E-state index contributed by atoms with van der Waals surface area (Å²) < 4.78 is 54.5. The number of rotatable bonds is 7. The van der Waals surface area contributed by atoms with Crippen LogP contribution in [-0.2, 0) is 0 Å². The molecule has 2 heterocycles. The van der Waals surface area contributed by atoms with Gasteiger partial charge in [-0.2, -0.15) is 5.10 Å². The van der Waals surface area contributed by atoms with Crippen molar-refractivity contribution in [3.63, 3.8) is 0 Å². The molecule has 0 N–H and O–H groups in total. The van der Waals surface area contributed by atoms with E-state index in [1.165, 1.54) is 46.3 Å². The Morgan fingerprint density at radius 2 is 1.62 bits per heavy atom. The molecule has 0 saturated heterocycles. The lowest BCUT2D eigenvalue weighted by Crippen LogP contribution is -2.11. The first-order valence-electron chi connectivity index (χ1n) is 12.4. The molecule has 0 radical (unpaired) electrons. The summed E-state index contributed by atoms with van der Waals surface area (Å²) in [5.74, 6) is -0.287. The van der Waals surface area contributed by atoms with E-state index in [4.69, 9.17) is 20.9 Å². The Hall–Kier alpha value is -4.93. The lowest BCUT2D eigenvalue weighted by atomic mass is 10.1. The minimum atomic E-state index is -0.490. The van der Waals surface area contributed by atoms with Crippen molar-refractivity contribution in [2.75, 3.05) is 0 Å². The predicted octanol–water partition coefficient (Wildman–Crippen LogP) is 8.85. The van der Waals surface area contributed by atoms with Crippen LogP contribution in [0.15, 0.2) is 117 Å². The van der Waals surface area contributed by atoms with Crippen LogP contribution in [0.5, 0.6) is 11.5 Å². The van der Waals surface area contributed by atoms with E-state index >= 15 is 0 Å². The van der Waals surface area contributed by atoms with Crippen molar-refractivity contribution in [2.45, 2.75) is 0 Å². The van der Waals surface area contributed by atoms with Gasteiger partial charge in [0.05, 0.1) is 11.2 Å². The molecule has 208 valence electrons. The molecule has 0 fully saturated rings. The number of nitrogens with zero attached hydrogens (tertiary/aromatic N) is 4. The van der Waals surface area contributed by atoms with Crippen LogP contribution in [0.1, 0.15) is 5.56 Å². The number of para-hydroxylation sites is 2. The van der Waals surface area contributed by atoms with Gasteiger partial charge >= 0.3 is 0 Å². The van der Waals surface area contributed by atoms with Gasteiger partial charge in [-0.05, 0) is 66.7 Å². The van der Waals surface area contributed by atoms with Crippen molar-refractivity contribution in [1.29, 1.82) is 0 Å². The second-order valence-corrected chi connectivity index (χ2v) is 10.1. The number of thiazole rings is 1. The van der Waals surface area contributed by atoms with Crippen molar-refractivity contribution in [3.05, 3.63) is 135 Å². The maximum Gasteiger partial charge on any atom is 0.211 e. The summed E-state index contributed by atoms with van der Waals surface area (Å²) >= 11 is 7.39. The van der Waals surface area contributed by atoms with E-state index in [9.17, 15) is 13.2 Å². The first-order chi connectivity index (χ1) is 20.4. The Kier molecular flexibility index (Phi) is 7.72. The van der Waals surface area contributed by atoms with Gasteiger partial charge in [0.15, 0.2) is 5.76 Å². The molecule has 0 saturated carbocycles. The predicted molar refractivity (Wildman–Crippen MR) is 156 cm³/mol. The fourth-order valence-corrected chi connectivity index (χ4v) is 4.97. The van der Waals surface area contributed by atoms with E-state index in [-0.39, 0.29) is 22.3 Å². The Morgan fingerprint density at radius 1 is 0.857 bits per heavy atom. The summed E-state index contributed by atoms with van der Waals surface area (Å²) in [6.45, 7) is 0. The average molecular weight is 603 g/mol. The largest absolute Gasteiger partial charge is 0.455 e. The zero-order chi connectivity index (χ0) is 29.1. The monoisotopic (exact) mass is 602 g/mol. The van der Waals surface area contributed by atoms with E-state index < -0.39 is 11.6 Å². The Balaban J connectivity index is 1.42. The smallest absolute Gasteiger partial charge is 0.211 e. The van der Waals surface area contributed by atoms with Gasteiger partial charge in [0.2, 0.25) is 4.80 Å². The SMILES string of the molecule is Fc1ccc(-c2cc(-c3csc(=Nc4ccccc4F)n3/N=C/c3ccccc3Oc3ccc(F)cc3Cl)on2)cc1. The molecule has 0 amide bonds. The first kappa shape index (κ1) is 27.3. The zero-order valence-electron chi connectivity index (χ0n) is 21.4. The Morgan fingerprint density at radius 3 is 2.43 bits per heavy atom. The van der Waals surface area contributed by atoms with Crippen LogP contribution in [0.3, 0.4) is 0 Å². The second kappa shape index (κ2) is 11.9. The highest BCUT2D eigenvalue weighted by Gasteiger charge is 2.16. The molecule has 4 aromatic carbocycles. The van der Waals surface area contributed by atoms with Gasteiger partial charge in [-0.15, -0.1) is 11.3 Å². The van der Waals surface area contributed by atoms with E-state index in [1.807, 2.05) is 0 Å². The van der Waals surface area contributed by atoms with Crippen molar-refractivity contribution in [2.24, 2.45) is 10.1 Å². The van der Waals surface area contributed by atoms with Gasteiger partial charge in [-0.3, -0.25) is 0 Å². The van der Waals surface area contributed by atoms with Gasteiger partial charge < -0.3 is 9.26 Å². The van der Waals surface area contributed by atoms with Crippen LogP contribution in [0.2, 0.25) is 5.02 Å². The molecule has 0 unspecified atom stereocenters. The second-order valence-electron chi connectivity index (χ2n) is 8.82. The molecule has 0 spiro atoms. The third-order valence-corrected chi connectivity index (χ3v) is 7.11. The first-order valence-corrected chi connectivity index (χ1v) is 13.7. The van der Waals surface area contributed by atoms with Gasteiger partial charge in [0.25, 0.3) is 0 Å². The maximum atomic E-state index is 14.5. The van der Waals surface area contributed by atoms with Crippen LogP contribution in [-0.4, -0.2) is 16.0 Å². The van der Waals surface area contributed by atoms with Gasteiger partial charge in [0, 0.05) is 22.6 Å². The quantitative estimate of drug-likeness (QED) is 0.171. The topological polar surface area (TPSA) is 64.9 Å². The molecule has 0 atom stereocenters. The van der Waals surface area contributed by atoms with Gasteiger partial charge in [-0.1, -0.05) is 41.0 Å². The molecule has 0 aliphatic heterocycles. The van der Waals surface area contributed by atoms with E-state index in [0.29, 0.717) is 38.8 Å². The highest BCUT2D eigenvalue weighted by Crippen LogP contribution is 2.32. The lowest BCUT2D eigenvalue weighted by molar-refractivity contribution is 0.432. The minimum Gasteiger partial charge on any atom is -0.455 e. The summed E-state index contributed by atoms with van der Waals surface area (Å²) in [5, 5.41) is 10.6. The van der Waals surface area contributed by atoms with Crippen molar-refractivity contribution >= 4 is 34.8 Å². The number of aromatic nitrogens is 2. The number of halogens is 4. The number of benzene rings is 4. The van der Waals surface area contributed by atoms with Gasteiger partial charge in [0.1, 0.15) is 46.0 Å². The summed E-state index contributed by atoms with van der Waals surface area (Å²) in [5.41, 5.74) is 2.36. The molecule has 6 rings (SSSR count). The molecule has 6 nitrogen and oxygen atoms in total. The molecule has 0 bridgehead atoms. The minimum absolute atomic E-state index is 0.115. The fourth-order valence-electron chi connectivity index (χ4n) is 3.93. The molecule has 6 aromatic rings. The molecule has 0 aliphatic carbocycles.